The van der Waals surface area contributed by atoms with Crippen molar-refractivity contribution in [2.24, 2.45) is 7.05 Å². The van der Waals surface area contributed by atoms with E-state index in [0.717, 1.165) is 25.5 Å². The highest BCUT2D eigenvalue weighted by molar-refractivity contribution is 5.35. The Morgan fingerprint density at radius 2 is 2.43 bits per heavy atom. The van der Waals surface area contributed by atoms with Gasteiger partial charge in [-0.3, -0.25) is 4.68 Å². The molecular weight excluding hydrogens is 176 g/mol. The quantitative estimate of drug-likeness (QED) is 0.694. The molecular formula is C10H16N4. The number of aryl methyl sites for hydroxylation is 1. The summed E-state index contributed by atoms with van der Waals surface area (Å²) in [6, 6.07) is 1.98. The van der Waals surface area contributed by atoms with Crippen LogP contribution < -0.4 is 10.6 Å². The first-order valence-electron chi connectivity index (χ1n) is 4.87. The molecule has 0 spiro atoms. The van der Waals surface area contributed by atoms with Crippen LogP contribution in [0, 0.1) is 0 Å². The Bertz CT molecular complexity index is 345. The van der Waals surface area contributed by atoms with E-state index in [0.29, 0.717) is 0 Å². The Hall–Kier alpha value is -1.29. The minimum atomic E-state index is 0.897. The van der Waals surface area contributed by atoms with Crippen molar-refractivity contribution >= 4 is 5.82 Å². The molecule has 0 atom stereocenters. The molecule has 0 saturated carbocycles. The van der Waals surface area contributed by atoms with Crippen molar-refractivity contribution in [1.82, 2.24) is 15.1 Å². The zero-order valence-electron chi connectivity index (χ0n) is 8.67. The molecule has 0 amide bonds. The predicted octanol–water partition coefficient (Wildman–Crippen LogP) is 0.752. The van der Waals surface area contributed by atoms with Crippen LogP contribution in [-0.2, 0) is 7.05 Å². The van der Waals surface area contributed by atoms with Crippen LogP contribution in [0.1, 0.15) is 6.92 Å². The van der Waals surface area contributed by atoms with Gasteiger partial charge in [-0.05, 0) is 12.5 Å². The lowest BCUT2D eigenvalue weighted by Crippen LogP contribution is -2.35. The van der Waals surface area contributed by atoms with Crippen LogP contribution in [0.2, 0.25) is 0 Å². The average Bonchev–Trinajstić information content (AvgIpc) is 2.45. The molecule has 1 aromatic rings. The summed E-state index contributed by atoms with van der Waals surface area (Å²) in [7, 11) is 1.92. The molecule has 4 nitrogen and oxygen atoms in total. The molecule has 0 aromatic carbocycles. The van der Waals surface area contributed by atoms with Crippen molar-refractivity contribution in [2.75, 3.05) is 25.0 Å². The number of anilines is 1. The van der Waals surface area contributed by atoms with E-state index in [-0.39, 0.29) is 0 Å². The molecule has 1 aliphatic heterocycles. The highest BCUT2D eigenvalue weighted by Gasteiger charge is 2.10. The van der Waals surface area contributed by atoms with Crippen LogP contribution in [0.4, 0.5) is 5.82 Å². The Kier molecular flexibility index (Phi) is 2.54. The maximum atomic E-state index is 4.25. The van der Waals surface area contributed by atoms with Gasteiger partial charge in [-0.25, -0.2) is 0 Å². The third-order valence-corrected chi connectivity index (χ3v) is 2.53. The lowest BCUT2D eigenvalue weighted by molar-refractivity contribution is 0.656. The SMILES string of the molecule is CC(CNc1ccn(C)n1)=C1CNC1. The van der Waals surface area contributed by atoms with Crippen LogP contribution in [0.3, 0.4) is 0 Å². The van der Waals surface area contributed by atoms with Crippen LogP contribution in [0.25, 0.3) is 0 Å². The van der Waals surface area contributed by atoms with Crippen LogP contribution >= 0.6 is 0 Å². The molecule has 2 heterocycles. The van der Waals surface area contributed by atoms with E-state index in [1.807, 2.05) is 19.3 Å². The molecule has 2 rings (SSSR count). The zero-order valence-corrected chi connectivity index (χ0v) is 8.67. The molecule has 2 N–H and O–H groups in total. The summed E-state index contributed by atoms with van der Waals surface area (Å²) in [4.78, 5) is 0. The Morgan fingerprint density at radius 1 is 1.64 bits per heavy atom. The van der Waals surface area contributed by atoms with E-state index < -0.39 is 0 Å². The van der Waals surface area contributed by atoms with Crippen LogP contribution in [-0.4, -0.2) is 29.4 Å². The Balaban J connectivity index is 1.88. The second kappa shape index (κ2) is 3.84. The lowest BCUT2D eigenvalue weighted by atomic mass is 10.0. The molecule has 76 valence electrons. The van der Waals surface area contributed by atoms with E-state index >= 15 is 0 Å². The van der Waals surface area contributed by atoms with Gasteiger partial charge in [-0.15, -0.1) is 0 Å². The van der Waals surface area contributed by atoms with Gasteiger partial charge in [0.15, 0.2) is 0 Å². The number of nitrogens with one attached hydrogen (secondary N) is 2. The fraction of sp³-hybridized carbons (Fsp3) is 0.500. The van der Waals surface area contributed by atoms with Gasteiger partial charge < -0.3 is 10.6 Å². The van der Waals surface area contributed by atoms with Gasteiger partial charge in [-0.1, -0.05) is 5.57 Å². The van der Waals surface area contributed by atoms with E-state index in [1.54, 1.807) is 4.68 Å². The van der Waals surface area contributed by atoms with E-state index in [2.05, 4.69) is 22.7 Å². The van der Waals surface area contributed by atoms with Crippen molar-refractivity contribution < 1.29 is 0 Å². The summed E-state index contributed by atoms with van der Waals surface area (Å²) >= 11 is 0. The normalized spacial score (nSPS) is 15.1. The number of hydrogen-bond donors (Lipinski definition) is 2. The van der Waals surface area contributed by atoms with Crippen molar-refractivity contribution in [3.63, 3.8) is 0 Å². The first-order valence-corrected chi connectivity index (χ1v) is 4.87. The van der Waals surface area contributed by atoms with Crippen molar-refractivity contribution in [3.8, 4) is 0 Å². The summed E-state index contributed by atoms with van der Waals surface area (Å²) in [6.45, 7) is 5.17. The van der Waals surface area contributed by atoms with Gasteiger partial charge >= 0.3 is 0 Å². The molecule has 0 aliphatic carbocycles. The predicted molar refractivity (Wildman–Crippen MR) is 57.3 cm³/mol. The Morgan fingerprint density at radius 3 is 2.93 bits per heavy atom. The highest BCUT2D eigenvalue weighted by Crippen LogP contribution is 2.09. The lowest BCUT2D eigenvalue weighted by Gasteiger charge is -2.22. The van der Waals surface area contributed by atoms with Gasteiger partial charge in [0.25, 0.3) is 0 Å². The first kappa shape index (κ1) is 9.27. The number of nitrogens with zero attached hydrogens (tertiary/aromatic N) is 2. The maximum Gasteiger partial charge on any atom is 0.148 e. The molecule has 1 aliphatic rings. The van der Waals surface area contributed by atoms with E-state index in [1.165, 1.54) is 11.1 Å². The topological polar surface area (TPSA) is 41.9 Å². The zero-order chi connectivity index (χ0) is 9.97. The van der Waals surface area contributed by atoms with Gasteiger partial charge in [0.05, 0.1) is 0 Å². The summed E-state index contributed by atoms with van der Waals surface area (Å²) in [6.07, 6.45) is 1.94. The fourth-order valence-electron chi connectivity index (χ4n) is 1.41. The van der Waals surface area contributed by atoms with Crippen molar-refractivity contribution in [2.45, 2.75) is 6.92 Å². The standard InChI is InChI=1S/C10H16N4/c1-8(9-6-11-7-9)5-12-10-3-4-14(2)13-10/h3-4,11H,5-7H2,1-2H3,(H,12,13). The number of rotatable bonds is 3. The van der Waals surface area contributed by atoms with E-state index in [4.69, 9.17) is 0 Å². The summed E-state index contributed by atoms with van der Waals surface area (Å²) in [5.74, 6) is 0.944. The molecule has 4 heteroatoms. The monoisotopic (exact) mass is 192 g/mol. The van der Waals surface area contributed by atoms with Crippen LogP contribution in [0.5, 0.6) is 0 Å². The minimum absolute atomic E-state index is 0.897. The number of hydrogen-bond acceptors (Lipinski definition) is 3. The first-order chi connectivity index (χ1) is 6.75. The van der Waals surface area contributed by atoms with Gasteiger partial charge in [-0.2, -0.15) is 5.10 Å². The summed E-state index contributed by atoms with van der Waals surface area (Å²) < 4.78 is 1.80. The molecule has 14 heavy (non-hydrogen) atoms. The third kappa shape index (κ3) is 1.96. The van der Waals surface area contributed by atoms with Crippen LogP contribution in [0.15, 0.2) is 23.4 Å². The molecule has 0 bridgehead atoms. The molecule has 0 unspecified atom stereocenters. The van der Waals surface area contributed by atoms with Gasteiger partial charge in [0.2, 0.25) is 0 Å². The number of aromatic nitrogens is 2. The Labute approximate surface area is 84.0 Å². The molecule has 1 saturated heterocycles. The highest BCUT2D eigenvalue weighted by atomic mass is 15.3. The average molecular weight is 192 g/mol. The van der Waals surface area contributed by atoms with E-state index in [9.17, 15) is 0 Å². The maximum absolute atomic E-state index is 4.25. The summed E-state index contributed by atoms with van der Waals surface area (Å²) in [5.41, 5.74) is 2.95. The third-order valence-electron chi connectivity index (χ3n) is 2.53. The molecule has 1 fully saturated rings. The van der Waals surface area contributed by atoms with Crippen molar-refractivity contribution in [3.05, 3.63) is 23.4 Å². The smallest absolute Gasteiger partial charge is 0.148 e. The van der Waals surface area contributed by atoms with Crippen molar-refractivity contribution in [1.29, 1.82) is 0 Å². The van der Waals surface area contributed by atoms with Gasteiger partial charge in [0, 0.05) is 38.9 Å². The fourth-order valence-corrected chi connectivity index (χ4v) is 1.41. The summed E-state index contributed by atoms with van der Waals surface area (Å²) in [5, 5.41) is 10.8. The minimum Gasteiger partial charge on any atom is -0.365 e. The molecule has 1 aromatic heterocycles. The second-order valence-electron chi connectivity index (χ2n) is 3.72. The van der Waals surface area contributed by atoms with Gasteiger partial charge in [0.1, 0.15) is 5.82 Å². The largest absolute Gasteiger partial charge is 0.365 e. The molecule has 0 radical (unpaired) electrons. The second-order valence-corrected chi connectivity index (χ2v) is 3.72.